The zero-order valence-corrected chi connectivity index (χ0v) is 13.1. The van der Waals surface area contributed by atoms with Crippen LogP contribution >= 0.6 is 15.9 Å². The van der Waals surface area contributed by atoms with Gasteiger partial charge >= 0.3 is 0 Å². The van der Waals surface area contributed by atoms with E-state index < -0.39 is 5.82 Å². The van der Waals surface area contributed by atoms with E-state index in [0.717, 1.165) is 10.0 Å². The third-order valence-electron chi connectivity index (χ3n) is 2.96. The number of hydrogen-bond acceptors (Lipinski definition) is 3. The quantitative estimate of drug-likeness (QED) is 0.894. The topological polar surface area (TPSA) is 45.0 Å². The molecule has 2 rings (SSSR count). The van der Waals surface area contributed by atoms with Crippen molar-refractivity contribution in [1.29, 1.82) is 5.26 Å². The van der Waals surface area contributed by atoms with Gasteiger partial charge in [0.25, 0.3) is 0 Å². The van der Waals surface area contributed by atoms with Gasteiger partial charge < -0.3 is 10.1 Å². The van der Waals surface area contributed by atoms with Gasteiger partial charge in [0.05, 0.1) is 11.6 Å². The van der Waals surface area contributed by atoms with Gasteiger partial charge in [0.1, 0.15) is 18.2 Å². The van der Waals surface area contributed by atoms with E-state index in [-0.39, 0.29) is 6.61 Å². The third-order valence-corrected chi connectivity index (χ3v) is 3.73. The maximum atomic E-state index is 13.8. The maximum Gasteiger partial charge on any atom is 0.131 e. The predicted molar refractivity (Wildman–Crippen MR) is 82.4 cm³/mol. The average molecular weight is 349 g/mol. The molecule has 21 heavy (non-hydrogen) atoms. The number of nitriles is 1. The van der Waals surface area contributed by atoms with E-state index in [1.807, 2.05) is 31.3 Å². The molecule has 108 valence electrons. The van der Waals surface area contributed by atoms with Crippen molar-refractivity contribution in [3.05, 3.63) is 63.4 Å². The van der Waals surface area contributed by atoms with Crippen LogP contribution in [-0.4, -0.2) is 7.05 Å². The molecule has 2 aromatic carbocycles. The molecule has 0 saturated carbocycles. The first-order valence-electron chi connectivity index (χ1n) is 6.38. The summed E-state index contributed by atoms with van der Waals surface area (Å²) < 4.78 is 20.4. The normalized spacial score (nSPS) is 10.2. The first kappa shape index (κ1) is 15.5. The SMILES string of the molecule is CNCc1cc(OCc2ccc(C#N)cc2F)ccc1Br. The molecule has 0 aliphatic carbocycles. The molecule has 0 amide bonds. The van der Waals surface area contributed by atoms with E-state index >= 15 is 0 Å². The van der Waals surface area contributed by atoms with Crippen LogP contribution < -0.4 is 10.1 Å². The van der Waals surface area contributed by atoms with Crippen LogP contribution in [0.5, 0.6) is 5.75 Å². The van der Waals surface area contributed by atoms with Gasteiger partial charge in [-0.3, -0.25) is 0 Å². The predicted octanol–water partition coefficient (Wildman–Crippen LogP) is 3.76. The molecule has 0 bridgehead atoms. The van der Waals surface area contributed by atoms with E-state index in [4.69, 9.17) is 10.00 Å². The van der Waals surface area contributed by atoms with Crippen LogP contribution in [0.15, 0.2) is 40.9 Å². The van der Waals surface area contributed by atoms with E-state index in [1.54, 1.807) is 12.1 Å². The van der Waals surface area contributed by atoms with Crippen molar-refractivity contribution < 1.29 is 9.13 Å². The highest BCUT2D eigenvalue weighted by molar-refractivity contribution is 9.10. The van der Waals surface area contributed by atoms with Gasteiger partial charge in [0, 0.05) is 16.6 Å². The highest BCUT2D eigenvalue weighted by Gasteiger charge is 2.06. The second-order valence-corrected chi connectivity index (χ2v) is 5.34. The lowest BCUT2D eigenvalue weighted by molar-refractivity contribution is 0.299. The Morgan fingerprint density at radius 2 is 2.05 bits per heavy atom. The van der Waals surface area contributed by atoms with Crippen molar-refractivity contribution in [2.24, 2.45) is 0 Å². The number of rotatable bonds is 5. The lowest BCUT2D eigenvalue weighted by Crippen LogP contribution is -2.06. The number of ether oxygens (including phenoxy) is 1. The Hall–Kier alpha value is -1.90. The largest absolute Gasteiger partial charge is 0.489 e. The molecule has 0 unspecified atom stereocenters. The Bertz CT molecular complexity index is 682. The number of nitrogens with one attached hydrogen (secondary N) is 1. The Kier molecular flexibility index (Phi) is 5.32. The second kappa shape index (κ2) is 7.21. The first-order chi connectivity index (χ1) is 10.1. The molecule has 3 nitrogen and oxygen atoms in total. The van der Waals surface area contributed by atoms with E-state index in [9.17, 15) is 4.39 Å². The zero-order chi connectivity index (χ0) is 15.2. The molecule has 0 aliphatic rings. The van der Waals surface area contributed by atoms with E-state index in [2.05, 4.69) is 21.2 Å². The van der Waals surface area contributed by atoms with Crippen LogP contribution in [0, 0.1) is 17.1 Å². The molecule has 0 aliphatic heterocycles. The number of nitrogens with zero attached hydrogens (tertiary/aromatic N) is 1. The number of benzene rings is 2. The summed E-state index contributed by atoms with van der Waals surface area (Å²) in [6, 6.07) is 11.9. The van der Waals surface area contributed by atoms with Gasteiger partial charge in [-0.25, -0.2) is 4.39 Å². The van der Waals surface area contributed by atoms with Crippen molar-refractivity contribution >= 4 is 15.9 Å². The lowest BCUT2D eigenvalue weighted by Gasteiger charge is -2.10. The molecule has 0 spiro atoms. The van der Waals surface area contributed by atoms with Crippen molar-refractivity contribution in [3.8, 4) is 11.8 Å². The molecule has 1 N–H and O–H groups in total. The minimum Gasteiger partial charge on any atom is -0.489 e. The minimum atomic E-state index is -0.429. The van der Waals surface area contributed by atoms with Gasteiger partial charge in [-0.15, -0.1) is 0 Å². The van der Waals surface area contributed by atoms with Gasteiger partial charge in [-0.05, 0) is 42.9 Å². The Balaban J connectivity index is 2.10. The molecule has 2 aromatic rings. The van der Waals surface area contributed by atoms with Gasteiger partial charge in [0.2, 0.25) is 0 Å². The van der Waals surface area contributed by atoms with Gasteiger partial charge in [-0.2, -0.15) is 5.26 Å². The summed E-state index contributed by atoms with van der Waals surface area (Å²) in [6.45, 7) is 0.835. The fourth-order valence-corrected chi connectivity index (χ4v) is 2.25. The highest BCUT2D eigenvalue weighted by atomic mass is 79.9. The molecular weight excluding hydrogens is 335 g/mol. The van der Waals surface area contributed by atoms with Crippen molar-refractivity contribution in [3.63, 3.8) is 0 Å². The maximum absolute atomic E-state index is 13.8. The molecule has 0 radical (unpaired) electrons. The minimum absolute atomic E-state index is 0.123. The smallest absolute Gasteiger partial charge is 0.131 e. The monoisotopic (exact) mass is 348 g/mol. The van der Waals surface area contributed by atoms with Crippen molar-refractivity contribution in [1.82, 2.24) is 5.32 Å². The van der Waals surface area contributed by atoms with Gasteiger partial charge in [-0.1, -0.05) is 22.0 Å². The molecule has 0 saturated heterocycles. The fourth-order valence-electron chi connectivity index (χ4n) is 1.86. The molecule has 0 heterocycles. The summed E-state index contributed by atoms with van der Waals surface area (Å²) in [5.41, 5.74) is 1.79. The zero-order valence-electron chi connectivity index (χ0n) is 11.5. The molecule has 0 aromatic heterocycles. The van der Waals surface area contributed by atoms with Crippen LogP contribution in [0.2, 0.25) is 0 Å². The van der Waals surface area contributed by atoms with Crippen LogP contribution in [0.3, 0.4) is 0 Å². The molecule has 0 fully saturated rings. The Morgan fingerprint density at radius 3 is 2.71 bits per heavy atom. The van der Waals surface area contributed by atoms with Crippen LogP contribution in [0.4, 0.5) is 4.39 Å². The van der Waals surface area contributed by atoms with Crippen LogP contribution in [0.25, 0.3) is 0 Å². The lowest BCUT2D eigenvalue weighted by atomic mass is 10.1. The summed E-state index contributed by atoms with van der Waals surface area (Å²) in [6.07, 6.45) is 0. The summed E-state index contributed by atoms with van der Waals surface area (Å²) >= 11 is 3.47. The molecule has 0 atom stereocenters. The summed E-state index contributed by atoms with van der Waals surface area (Å²) in [5.74, 6) is 0.244. The number of hydrogen-bond donors (Lipinski definition) is 1. The van der Waals surface area contributed by atoms with Crippen LogP contribution in [-0.2, 0) is 13.2 Å². The van der Waals surface area contributed by atoms with E-state index in [0.29, 0.717) is 23.4 Å². The third kappa shape index (κ3) is 4.03. The standard InChI is InChI=1S/C16H14BrFN2O/c1-20-9-13-7-14(4-5-15(13)17)21-10-12-3-2-11(8-19)6-16(12)18/h2-7,20H,9-10H2,1H3. The highest BCUT2D eigenvalue weighted by Crippen LogP contribution is 2.23. The summed E-state index contributed by atoms with van der Waals surface area (Å²) in [4.78, 5) is 0. The average Bonchev–Trinajstić information content (AvgIpc) is 2.49. The van der Waals surface area contributed by atoms with Crippen molar-refractivity contribution in [2.75, 3.05) is 7.05 Å². The Morgan fingerprint density at radius 1 is 1.24 bits per heavy atom. The first-order valence-corrected chi connectivity index (χ1v) is 7.17. The van der Waals surface area contributed by atoms with Crippen molar-refractivity contribution in [2.45, 2.75) is 13.2 Å². The van der Waals surface area contributed by atoms with E-state index in [1.165, 1.54) is 6.07 Å². The second-order valence-electron chi connectivity index (χ2n) is 4.49. The Labute approximate surface area is 131 Å². The fraction of sp³-hybridized carbons (Fsp3) is 0.188. The van der Waals surface area contributed by atoms with Crippen LogP contribution in [0.1, 0.15) is 16.7 Å². The summed E-state index contributed by atoms with van der Waals surface area (Å²) in [7, 11) is 1.87. The summed E-state index contributed by atoms with van der Waals surface area (Å²) in [5, 5.41) is 11.8. The molecule has 5 heteroatoms. The van der Waals surface area contributed by atoms with Gasteiger partial charge in [0.15, 0.2) is 0 Å². The number of halogens is 2. The molecular formula is C16H14BrFN2O.